The lowest BCUT2D eigenvalue weighted by atomic mass is 10.1. The Morgan fingerprint density at radius 1 is 1.14 bits per heavy atom. The maximum atomic E-state index is 6.26. The van der Waals surface area contributed by atoms with Gasteiger partial charge in [0.25, 0.3) is 0 Å². The fraction of sp³-hybridized carbons (Fsp3) is 0.118. The topological polar surface area (TPSA) is 50.4 Å². The molecule has 2 aromatic carbocycles. The fourth-order valence-electron chi connectivity index (χ4n) is 1.90. The van der Waals surface area contributed by atoms with Crippen LogP contribution in [0.25, 0.3) is 0 Å². The lowest BCUT2D eigenvalue weighted by Crippen LogP contribution is -2.02. The quantitative estimate of drug-likeness (QED) is 0.824. The van der Waals surface area contributed by atoms with Crippen LogP contribution in [-0.4, -0.2) is 12.8 Å². The van der Waals surface area contributed by atoms with Gasteiger partial charge in [-0.2, -0.15) is 0 Å². The Bertz CT molecular complexity index is 669. The van der Waals surface area contributed by atoms with E-state index in [-0.39, 0.29) is 0 Å². The van der Waals surface area contributed by atoms with Crippen molar-refractivity contribution in [1.82, 2.24) is 0 Å². The minimum absolute atomic E-state index is 0.653. The van der Waals surface area contributed by atoms with Crippen LogP contribution in [0.5, 0.6) is 0 Å². The molecule has 0 atom stereocenters. The van der Waals surface area contributed by atoms with E-state index in [1.165, 1.54) is 0 Å². The summed E-state index contributed by atoms with van der Waals surface area (Å²) in [7, 11) is 1.88. The van der Waals surface area contributed by atoms with Crippen LogP contribution >= 0.6 is 11.6 Å². The molecule has 3 N–H and O–H groups in total. The minimum atomic E-state index is 0.653. The molecule has 0 aliphatic heterocycles. The van der Waals surface area contributed by atoms with Gasteiger partial charge in [-0.05, 0) is 43.3 Å². The zero-order chi connectivity index (χ0) is 15.2. The number of rotatable bonds is 4. The number of nitrogens with two attached hydrogens (primary N) is 1. The van der Waals surface area contributed by atoms with Crippen LogP contribution in [0.2, 0.25) is 5.02 Å². The SMILES string of the molecule is CNc1ccc(N=C(C=C(C)N)c2ccccc2Cl)cc1. The maximum absolute atomic E-state index is 6.26. The molecule has 0 spiro atoms. The number of aliphatic imine (C=N–C) groups is 1. The fourth-order valence-corrected chi connectivity index (χ4v) is 2.13. The zero-order valence-corrected chi connectivity index (χ0v) is 12.9. The Kier molecular flexibility index (Phi) is 5.01. The molecule has 0 radical (unpaired) electrons. The third-order valence-corrected chi connectivity index (χ3v) is 3.25. The van der Waals surface area contributed by atoms with Crippen LogP contribution in [0.1, 0.15) is 12.5 Å². The van der Waals surface area contributed by atoms with Gasteiger partial charge in [0.05, 0.1) is 11.4 Å². The second-order valence-electron chi connectivity index (χ2n) is 4.66. The average molecular weight is 300 g/mol. The molecule has 0 unspecified atom stereocenters. The minimum Gasteiger partial charge on any atom is -0.402 e. The predicted molar refractivity (Wildman–Crippen MR) is 91.6 cm³/mol. The molecule has 0 heterocycles. The molecule has 0 aromatic heterocycles. The maximum Gasteiger partial charge on any atom is 0.0741 e. The number of benzene rings is 2. The highest BCUT2D eigenvalue weighted by atomic mass is 35.5. The van der Waals surface area contributed by atoms with Crippen molar-refractivity contribution < 1.29 is 0 Å². The van der Waals surface area contributed by atoms with E-state index in [4.69, 9.17) is 17.3 Å². The van der Waals surface area contributed by atoms with E-state index in [9.17, 15) is 0 Å². The first kappa shape index (κ1) is 15.1. The first-order valence-electron chi connectivity index (χ1n) is 6.65. The van der Waals surface area contributed by atoms with E-state index < -0.39 is 0 Å². The number of anilines is 1. The largest absolute Gasteiger partial charge is 0.402 e. The Balaban J connectivity index is 2.47. The standard InChI is InChI=1S/C17H18ClN3/c1-12(19)11-17(15-5-3-4-6-16(15)18)21-14-9-7-13(20-2)8-10-14/h3-11,20H,19H2,1-2H3. The van der Waals surface area contributed by atoms with Crippen molar-refractivity contribution >= 4 is 28.7 Å². The molecule has 0 aliphatic rings. The van der Waals surface area contributed by atoms with Gasteiger partial charge in [0.1, 0.15) is 0 Å². The summed E-state index contributed by atoms with van der Waals surface area (Å²) >= 11 is 6.26. The first-order chi connectivity index (χ1) is 10.1. The van der Waals surface area contributed by atoms with Gasteiger partial charge in [-0.15, -0.1) is 0 Å². The van der Waals surface area contributed by atoms with Gasteiger partial charge in [0.2, 0.25) is 0 Å². The molecule has 2 rings (SSSR count). The van der Waals surface area contributed by atoms with E-state index in [1.807, 2.05) is 68.6 Å². The van der Waals surface area contributed by atoms with Crippen molar-refractivity contribution in [2.24, 2.45) is 10.7 Å². The summed E-state index contributed by atoms with van der Waals surface area (Å²) in [6.45, 7) is 1.83. The normalized spacial score (nSPS) is 12.3. The summed E-state index contributed by atoms with van der Waals surface area (Å²) in [6.07, 6.45) is 1.83. The Morgan fingerprint density at radius 3 is 2.38 bits per heavy atom. The first-order valence-corrected chi connectivity index (χ1v) is 7.03. The van der Waals surface area contributed by atoms with Crippen molar-refractivity contribution in [3.63, 3.8) is 0 Å². The molecule has 108 valence electrons. The van der Waals surface area contributed by atoms with Crippen molar-refractivity contribution in [3.05, 3.63) is 70.9 Å². The third-order valence-electron chi connectivity index (χ3n) is 2.92. The lowest BCUT2D eigenvalue weighted by molar-refractivity contribution is 1.32. The van der Waals surface area contributed by atoms with Gasteiger partial charge < -0.3 is 11.1 Å². The van der Waals surface area contributed by atoms with Gasteiger partial charge >= 0.3 is 0 Å². The predicted octanol–water partition coefficient (Wildman–Crippen LogP) is 4.37. The molecule has 0 aliphatic carbocycles. The monoisotopic (exact) mass is 299 g/mol. The van der Waals surface area contributed by atoms with E-state index in [0.29, 0.717) is 10.7 Å². The highest BCUT2D eigenvalue weighted by molar-refractivity contribution is 6.35. The number of allylic oxidation sites excluding steroid dienone is 2. The van der Waals surface area contributed by atoms with Gasteiger partial charge in [0.15, 0.2) is 0 Å². The number of hydrogen-bond acceptors (Lipinski definition) is 3. The molecule has 0 saturated heterocycles. The van der Waals surface area contributed by atoms with Gasteiger partial charge in [-0.25, -0.2) is 4.99 Å². The molecule has 0 saturated carbocycles. The number of halogens is 1. The summed E-state index contributed by atoms with van der Waals surface area (Å²) in [5.74, 6) is 0. The Morgan fingerprint density at radius 2 is 1.81 bits per heavy atom. The zero-order valence-electron chi connectivity index (χ0n) is 12.1. The summed E-state index contributed by atoms with van der Waals surface area (Å²) in [4.78, 5) is 4.65. The van der Waals surface area contributed by atoms with Crippen LogP contribution in [0.3, 0.4) is 0 Å². The number of hydrogen-bond donors (Lipinski definition) is 2. The summed E-state index contributed by atoms with van der Waals surface area (Å²) in [5.41, 5.74) is 9.99. The van der Waals surface area contributed by atoms with Gasteiger partial charge in [-0.3, -0.25) is 0 Å². The Labute approximate surface area is 130 Å². The molecule has 4 heteroatoms. The number of nitrogens with one attached hydrogen (secondary N) is 1. The van der Waals surface area contributed by atoms with E-state index in [2.05, 4.69) is 10.3 Å². The summed E-state index contributed by atoms with van der Waals surface area (Å²) < 4.78 is 0. The molecule has 3 nitrogen and oxygen atoms in total. The van der Waals surface area contributed by atoms with E-state index in [0.717, 1.165) is 22.6 Å². The molecular formula is C17H18ClN3. The second-order valence-corrected chi connectivity index (χ2v) is 5.07. The molecule has 0 fully saturated rings. The number of nitrogens with zero attached hydrogens (tertiary/aromatic N) is 1. The molecular weight excluding hydrogens is 282 g/mol. The van der Waals surface area contributed by atoms with Crippen molar-refractivity contribution in [3.8, 4) is 0 Å². The van der Waals surface area contributed by atoms with Crippen LogP contribution in [0, 0.1) is 0 Å². The molecule has 0 amide bonds. The highest BCUT2D eigenvalue weighted by Crippen LogP contribution is 2.21. The summed E-state index contributed by atoms with van der Waals surface area (Å²) in [6, 6.07) is 15.4. The average Bonchev–Trinajstić information content (AvgIpc) is 2.47. The van der Waals surface area contributed by atoms with Crippen LogP contribution in [-0.2, 0) is 0 Å². The summed E-state index contributed by atoms with van der Waals surface area (Å²) in [5, 5.41) is 3.73. The van der Waals surface area contributed by atoms with Crippen LogP contribution in [0.15, 0.2) is 65.3 Å². The lowest BCUT2D eigenvalue weighted by Gasteiger charge is -2.06. The van der Waals surface area contributed by atoms with E-state index in [1.54, 1.807) is 0 Å². The van der Waals surface area contributed by atoms with Crippen LogP contribution in [0.4, 0.5) is 11.4 Å². The second kappa shape index (κ2) is 6.95. The van der Waals surface area contributed by atoms with Crippen molar-refractivity contribution in [2.75, 3.05) is 12.4 Å². The highest BCUT2D eigenvalue weighted by Gasteiger charge is 2.06. The van der Waals surface area contributed by atoms with Gasteiger partial charge in [0, 0.05) is 29.0 Å². The third kappa shape index (κ3) is 4.10. The van der Waals surface area contributed by atoms with Gasteiger partial charge in [-0.1, -0.05) is 29.8 Å². The molecule has 0 bridgehead atoms. The Hall–Kier alpha value is -2.26. The van der Waals surface area contributed by atoms with Crippen LogP contribution < -0.4 is 11.1 Å². The van der Waals surface area contributed by atoms with Crippen molar-refractivity contribution in [2.45, 2.75) is 6.92 Å². The van der Waals surface area contributed by atoms with Crippen molar-refractivity contribution in [1.29, 1.82) is 0 Å². The molecule has 21 heavy (non-hydrogen) atoms. The van der Waals surface area contributed by atoms with E-state index >= 15 is 0 Å². The molecule has 2 aromatic rings. The smallest absolute Gasteiger partial charge is 0.0741 e.